The molecule has 1 aliphatic carbocycles. The van der Waals surface area contributed by atoms with Gasteiger partial charge in [0.15, 0.2) is 0 Å². The summed E-state index contributed by atoms with van der Waals surface area (Å²) in [5.74, 6) is 0.560. The first-order valence-electron chi connectivity index (χ1n) is 6.03. The van der Waals surface area contributed by atoms with Gasteiger partial charge in [-0.15, -0.1) is 11.8 Å². The van der Waals surface area contributed by atoms with Gasteiger partial charge in [0, 0.05) is 21.5 Å². The molecule has 0 bridgehead atoms. The van der Waals surface area contributed by atoms with E-state index in [1.807, 2.05) is 25.1 Å². The normalized spacial score (nSPS) is 16.4. The van der Waals surface area contributed by atoms with Gasteiger partial charge in [-0.25, -0.2) is 0 Å². The molecule has 1 fully saturated rings. The van der Waals surface area contributed by atoms with Crippen molar-refractivity contribution in [2.24, 2.45) is 5.73 Å². The van der Waals surface area contributed by atoms with Crippen molar-refractivity contribution in [3.63, 3.8) is 0 Å². The smallest absolute Gasteiger partial charge is 0.230 e. The van der Waals surface area contributed by atoms with Crippen molar-refractivity contribution in [2.75, 3.05) is 5.75 Å². The van der Waals surface area contributed by atoms with Crippen molar-refractivity contribution >= 4 is 33.6 Å². The van der Waals surface area contributed by atoms with Gasteiger partial charge in [0.05, 0.1) is 5.75 Å². The summed E-state index contributed by atoms with van der Waals surface area (Å²) in [6, 6.07) is 6.41. The molecular weight excluding hydrogens is 312 g/mol. The molecule has 0 spiro atoms. The van der Waals surface area contributed by atoms with Crippen molar-refractivity contribution < 1.29 is 4.79 Å². The number of thioether (sulfide) groups is 1. The van der Waals surface area contributed by atoms with E-state index in [0.29, 0.717) is 11.8 Å². The van der Waals surface area contributed by atoms with Crippen LogP contribution in [0.3, 0.4) is 0 Å². The first-order chi connectivity index (χ1) is 8.56. The highest BCUT2D eigenvalue weighted by molar-refractivity contribution is 9.10. The Balaban J connectivity index is 1.98. The third kappa shape index (κ3) is 4.00. The largest absolute Gasteiger partial charge is 0.353 e. The fraction of sp³-hybridized carbons (Fsp3) is 0.462. The molecule has 0 saturated heterocycles. The molecule has 2 rings (SSSR count). The fourth-order valence-electron chi connectivity index (χ4n) is 1.65. The van der Waals surface area contributed by atoms with Gasteiger partial charge in [-0.1, -0.05) is 22.0 Å². The van der Waals surface area contributed by atoms with Crippen LogP contribution in [-0.4, -0.2) is 17.7 Å². The van der Waals surface area contributed by atoms with Crippen molar-refractivity contribution in [3.05, 3.63) is 28.2 Å². The van der Waals surface area contributed by atoms with E-state index in [4.69, 9.17) is 5.73 Å². The molecular formula is C13H17BrN2OS. The van der Waals surface area contributed by atoms with Crippen LogP contribution < -0.4 is 11.1 Å². The second-order valence-corrected chi connectivity index (χ2v) is 6.53. The molecule has 0 radical (unpaired) electrons. The minimum absolute atomic E-state index is 0.0212. The Morgan fingerprint density at radius 1 is 1.61 bits per heavy atom. The molecule has 3 N–H and O–H groups in total. The molecule has 1 aromatic carbocycles. The van der Waals surface area contributed by atoms with Crippen LogP contribution in [0, 0.1) is 0 Å². The summed E-state index contributed by atoms with van der Waals surface area (Å²) in [5, 5.41) is 2.98. The number of amides is 1. The Morgan fingerprint density at radius 3 is 2.94 bits per heavy atom. The van der Waals surface area contributed by atoms with Crippen LogP contribution in [0.2, 0.25) is 0 Å². The maximum Gasteiger partial charge on any atom is 0.230 e. The van der Waals surface area contributed by atoms with Crippen LogP contribution in [0.25, 0.3) is 0 Å². The standard InChI is InChI=1S/C13H17BrN2OS/c1-8(15)11-5-2-9(14)6-12(11)18-7-13(17)16-10-3-4-10/h2,5-6,8,10H,3-4,7,15H2,1H3,(H,16,17). The Hall–Kier alpha value is -0.520. The Kier molecular flexibility index (Phi) is 4.70. The van der Waals surface area contributed by atoms with Gasteiger partial charge >= 0.3 is 0 Å². The highest BCUT2D eigenvalue weighted by Crippen LogP contribution is 2.29. The summed E-state index contributed by atoms with van der Waals surface area (Å²) >= 11 is 4.99. The van der Waals surface area contributed by atoms with Crippen molar-refractivity contribution in [3.8, 4) is 0 Å². The zero-order valence-corrected chi connectivity index (χ0v) is 12.7. The minimum Gasteiger partial charge on any atom is -0.353 e. The van der Waals surface area contributed by atoms with E-state index in [9.17, 15) is 4.79 Å². The molecule has 1 unspecified atom stereocenters. The third-order valence-electron chi connectivity index (χ3n) is 2.77. The zero-order chi connectivity index (χ0) is 13.1. The summed E-state index contributed by atoms with van der Waals surface area (Å²) in [5.41, 5.74) is 7.02. The molecule has 18 heavy (non-hydrogen) atoms. The van der Waals surface area contributed by atoms with Crippen LogP contribution in [-0.2, 0) is 4.79 Å². The third-order valence-corrected chi connectivity index (χ3v) is 4.33. The second kappa shape index (κ2) is 6.08. The molecule has 0 aliphatic heterocycles. The molecule has 3 nitrogen and oxygen atoms in total. The van der Waals surface area contributed by atoms with Crippen molar-refractivity contribution in [2.45, 2.75) is 36.7 Å². The van der Waals surface area contributed by atoms with Gasteiger partial charge in [-0.2, -0.15) is 0 Å². The summed E-state index contributed by atoms with van der Waals surface area (Å²) < 4.78 is 1.01. The maximum atomic E-state index is 11.7. The summed E-state index contributed by atoms with van der Waals surface area (Å²) in [7, 11) is 0. The number of halogens is 1. The average molecular weight is 329 g/mol. The van der Waals surface area contributed by atoms with Crippen LogP contribution >= 0.6 is 27.7 Å². The Bertz CT molecular complexity index is 447. The molecule has 1 atom stereocenters. The van der Waals surface area contributed by atoms with Gasteiger partial charge in [-0.05, 0) is 37.5 Å². The van der Waals surface area contributed by atoms with Gasteiger partial charge < -0.3 is 11.1 Å². The topological polar surface area (TPSA) is 55.1 Å². The van der Waals surface area contributed by atoms with Crippen LogP contribution in [0.15, 0.2) is 27.6 Å². The number of nitrogens with one attached hydrogen (secondary N) is 1. The van der Waals surface area contributed by atoms with Crippen LogP contribution in [0.1, 0.15) is 31.4 Å². The van der Waals surface area contributed by atoms with Crippen LogP contribution in [0.4, 0.5) is 0 Å². The van der Waals surface area contributed by atoms with E-state index in [0.717, 1.165) is 27.8 Å². The fourth-order valence-corrected chi connectivity index (χ4v) is 3.16. The monoisotopic (exact) mass is 328 g/mol. The van der Waals surface area contributed by atoms with E-state index < -0.39 is 0 Å². The summed E-state index contributed by atoms with van der Waals surface area (Å²) in [4.78, 5) is 12.7. The van der Waals surface area contributed by atoms with Crippen LogP contribution in [0.5, 0.6) is 0 Å². The number of nitrogens with two attached hydrogens (primary N) is 1. The zero-order valence-electron chi connectivity index (χ0n) is 10.3. The van der Waals surface area contributed by atoms with Gasteiger partial charge in [0.2, 0.25) is 5.91 Å². The van der Waals surface area contributed by atoms with E-state index >= 15 is 0 Å². The van der Waals surface area contributed by atoms with E-state index in [1.54, 1.807) is 11.8 Å². The Labute approximate surface area is 120 Å². The highest BCUT2D eigenvalue weighted by atomic mass is 79.9. The van der Waals surface area contributed by atoms with Gasteiger partial charge in [0.25, 0.3) is 0 Å². The van der Waals surface area contributed by atoms with Gasteiger partial charge in [-0.3, -0.25) is 4.79 Å². The number of carbonyl (C=O) groups excluding carboxylic acids is 1. The predicted molar refractivity (Wildman–Crippen MR) is 78.6 cm³/mol. The molecule has 1 aliphatic rings. The van der Waals surface area contributed by atoms with E-state index in [1.165, 1.54) is 0 Å². The lowest BCUT2D eigenvalue weighted by molar-refractivity contribution is -0.118. The first-order valence-corrected chi connectivity index (χ1v) is 7.81. The number of rotatable bonds is 5. The SMILES string of the molecule is CC(N)c1ccc(Br)cc1SCC(=O)NC1CC1. The number of carbonyl (C=O) groups is 1. The van der Waals surface area contributed by atoms with Gasteiger partial charge in [0.1, 0.15) is 0 Å². The Morgan fingerprint density at radius 2 is 2.33 bits per heavy atom. The van der Waals surface area contributed by atoms with Crippen molar-refractivity contribution in [1.82, 2.24) is 5.32 Å². The molecule has 1 saturated carbocycles. The second-order valence-electron chi connectivity index (χ2n) is 4.60. The van der Waals surface area contributed by atoms with E-state index in [2.05, 4.69) is 21.2 Å². The summed E-state index contributed by atoms with van der Waals surface area (Å²) in [6.45, 7) is 1.96. The quantitative estimate of drug-likeness (QED) is 0.817. The lowest BCUT2D eigenvalue weighted by atomic mass is 10.1. The maximum absolute atomic E-state index is 11.7. The first kappa shape index (κ1) is 13.9. The molecule has 1 amide bonds. The lowest BCUT2D eigenvalue weighted by Gasteiger charge is -2.12. The number of hydrogen-bond acceptors (Lipinski definition) is 3. The molecule has 1 aromatic rings. The molecule has 0 heterocycles. The van der Waals surface area contributed by atoms with E-state index in [-0.39, 0.29) is 11.9 Å². The lowest BCUT2D eigenvalue weighted by Crippen LogP contribution is -2.27. The highest BCUT2D eigenvalue weighted by Gasteiger charge is 2.23. The average Bonchev–Trinajstić information content (AvgIpc) is 3.10. The number of benzene rings is 1. The van der Waals surface area contributed by atoms with Crippen molar-refractivity contribution in [1.29, 1.82) is 0 Å². The molecule has 0 aromatic heterocycles. The summed E-state index contributed by atoms with van der Waals surface area (Å²) in [6.07, 6.45) is 2.25. The predicted octanol–water partition coefficient (Wildman–Crippen LogP) is 2.84. The number of hydrogen-bond donors (Lipinski definition) is 2. The molecule has 5 heteroatoms. The minimum atomic E-state index is -0.0212. The molecule has 98 valence electrons.